The Morgan fingerprint density at radius 3 is 2.82 bits per heavy atom. The first kappa shape index (κ1) is 13.7. The first-order valence-corrected chi connectivity index (χ1v) is 6.07. The molecule has 0 aliphatic rings. The fourth-order valence-electron chi connectivity index (χ4n) is 1.39. The van der Waals surface area contributed by atoms with Crippen molar-refractivity contribution >= 4 is 0 Å². The summed E-state index contributed by atoms with van der Waals surface area (Å²) in [7, 11) is 0. The van der Waals surface area contributed by atoms with E-state index in [1.54, 1.807) is 0 Å². The van der Waals surface area contributed by atoms with E-state index in [9.17, 15) is 0 Å². The van der Waals surface area contributed by atoms with Crippen LogP contribution in [0.1, 0.15) is 32.2 Å². The lowest BCUT2D eigenvalue weighted by Gasteiger charge is -2.12. The van der Waals surface area contributed by atoms with Crippen molar-refractivity contribution in [1.29, 1.82) is 0 Å². The fourth-order valence-corrected chi connectivity index (χ4v) is 1.39. The van der Waals surface area contributed by atoms with Gasteiger partial charge in [-0.15, -0.1) is 0 Å². The normalized spacial score (nSPS) is 11.4. The average Bonchev–Trinajstić information content (AvgIpc) is 2.29. The molecule has 0 spiro atoms. The molecule has 0 saturated heterocycles. The minimum atomic E-state index is 0.445. The summed E-state index contributed by atoms with van der Waals surface area (Å²) in [5.41, 5.74) is 1.99. The quantitative estimate of drug-likeness (QED) is 0.769. The molecule has 0 atom stereocenters. The Kier molecular flexibility index (Phi) is 5.70. The maximum atomic E-state index is 5.68. The van der Waals surface area contributed by atoms with Gasteiger partial charge >= 0.3 is 0 Å². The molecule has 3 nitrogen and oxygen atoms in total. The second kappa shape index (κ2) is 7.07. The number of hydrogen-bond donors (Lipinski definition) is 1. The van der Waals surface area contributed by atoms with E-state index in [1.807, 2.05) is 38.1 Å². The van der Waals surface area contributed by atoms with E-state index in [4.69, 9.17) is 4.74 Å². The van der Waals surface area contributed by atoms with Gasteiger partial charge < -0.3 is 10.1 Å². The van der Waals surface area contributed by atoms with Crippen LogP contribution in [0, 0.1) is 6.92 Å². The van der Waals surface area contributed by atoms with E-state index in [2.05, 4.69) is 24.1 Å². The van der Waals surface area contributed by atoms with Gasteiger partial charge in [-0.25, -0.2) is 0 Å². The zero-order valence-electron chi connectivity index (χ0n) is 11.2. The molecule has 0 fully saturated rings. The minimum absolute atomic E-state index is 0.445. The Hall–Kier alpha value is -1.35. The van der Waals surface area contributed by atoms with Crippen LogP contribution in [0.2, 0.25) is 0 Å². The van der Waals surface area contributed by atoms with E-state index in [-0.39, 0.29) is 0 Å². The molecule has 0 bridgehead atoms. The van der Waals surface area contributed by atoms with Crippen molar-refractivity contribution in [2.24, 2.45) is 0 Å². The molecule has 3 heteroatoms. The predicted molar refractivity (Wildman–Crippen MR) is 71.3 cm³/mol. The maximum absolute atomic E-state index is 5.68. The Bertz CT molecular complexity index is 372. The van der Waals surface area contributed by atoms with Crippen molar-refractivity contribution in [2.75, 3.05) is 6.61 Å². The molecule has 0 aliphatic heterocycles. The van der Waals surface area contributed by atoms with Crippen molar-refractivity contribution < 1.29 is 4.74 Å². The highest BCUT2D eigenvalue weighted by Gasteiger charge is 2.06. The number of aromatic nitrogens is 1. The number of pyridine rings is 1. The zero-order chi connectivity index (χ0) is 12.7. The maximum Gasteiger partial charge on any atom is 0.142 e. The SMILES string of the molecule is CC=CCOc1ccc(C)nc1CNC(C)C. The van der Waals surface area contributed by atoms with Crippen molar-refractivity contribution in [1.82, 2.24) is 10.3 Å². The second-order valence-electron chi connectivity index (χ2n) is 4.31. The highest BCUT2D eigenvalue weighted by atomic mass is 16.5. The van der Waals surface area contributed by atoms with Crippen molar-refractivity contribution in [2.45, 2.75) is 40.3 Å². The van der Waals surface area contributed by atoms with Gasteiger partial charge in [0.15, 0.2) is 0 Å². The van der Waals surface area contributed by atoms with E-state index < -0.39 is 0 Å². The summed E-state index contributed by atoms with van der Waals surface area (Å²) in [6, 6.07) is 4.41. The van der Waals surface area contributed by atoms with Crippen LogP contribution >= 0.6 is 0 Å². The topological polar surface area (TPSA) is 34.1 Å². The molecule has 17 heavy (non-hydrogen) atoms. The van der Waals surface area contributed by atoms with E-state index >= 15 is 0 Å². The molecule has 1 N–H and O–H groups in total. The molecule has 0 aliphatic carbocycles. The Labute approximate surface area is 104 Å². The van der Waals surface area contributed by atoms with Crippen LogP contribution < -0.4 is 10.1 Å². The summed E-state index contributed by atoms with van der Waals surface area (Å²) in [6.45, 7) is 9.55. The molecule has 1 rings (SSSR count). The summed E-state index contributed by atoms with van der Waals surface area (Å²) in [4.78, 5) is 4.51. The molecule has 0 aromatic carbocycles. The standard InChI is InChI=1S/C14H22N2O/c1-5-6-9-17-14-8-7-12(4)16-13(14)10-15-11(2)3/h5-8,11,15H,9-10H2,1-4H3. The number of allylic oxidation sites excluding steroid dienone is 1. The summed E-state index contributed by atoms with van der Waals surface area (Å²) in [6.07, 6.45) is 3.97. The van der Waals surface area contributed by atoms with Crippen LogP contribution in [0.15, 0.2) is 24.3 Å². The molecule has 0 radical (unpaired) electrons. The molecular weight excluding hydrogens is 212 g/mol. The van der Waals surface area contributed by atoms with Gasteiger partial charge in [0.25, 0.3) is 0 Å². The van der Waals surface area contributed by atoms with Gasteiger partial charge in [-0.3, -0.25) is 4.98 Å². The third-order valence-electron chi connectivity index (χ3n) is 2.32. The molecular formula is C14H22N2O. The number of hydrogen-bond acceptors (Lipinski definition) is 3. The first-order valence-electron chi connectivity index (χ1n) is 6.07. The van der Waals surface area contributed by atoms with Crippen molar-refractivity contribution in [3.63, 3.8) is 0 Å². The molecule has 0 saturated carbocycles. The monoisotopic (exact) mass is 234 g/mol. The Balaban J connectivity index is 2.72. The van der Waals surface area contributed by atoms with Crippen LogP contribution in [0.25, 0.3) is 0 Å². The zero-order valence-corrected chi connectivity index (χ0v) is 11.2. The lowest BCUT2D eigenvalue weighted by Crippen LogP contribution is -2.23. The number of ether oxygens (including phenoxy) is 1. The number of nitrogens with one attached hydrogen (secondary N) is 1. The van der Waals surface area contributed by atoms with Gasteiger partial charge in [-0.2, -0.15) is 0 Å². The van der Waals surface area contributed by atoms with Gasteiger partial charge in [-0.1, -0.05) is 26.0 Å². The molecule has 0 unspecified atom stereocenters. The minimum Gasteiger partial charge on any atom is -0.488 e. The summed E-state index contributed by atoms with van der Waals surface area (Å²) < 4.78 is 5.68. The molecule has 1 aromatic rings. The van der Waals surface area contributed by atoms with E-state index in [1.165, 1.54) is 0 Å². The Morgan fingerprint density at radius 2 is 2.18 bits per heavy atom. The smallest absolute Gasteiger partial charge is 0.142 e. The van der Waals surface area contributed by atoms with Gasteiger partial charge in [0.05, 0.1) is 5.69 Å². The second-order valence-corrected chi connectivity index (χ2v) is 4.31. The van der Waals surface area contributed by atoms with E-state index in [0.717, 1.165) is 23.7 Å². The van der Waals surface area contributed by atoms with Gasteiger partial charge in [0.1, 0.15) is 12.4 Å². The van der Waals surface area contributed by atoms with Crippen LogP contribution in [-0.4, -0.2) is 17.6 Å². The highest BCUT2D eigenvalue weighted by Crippen LogP contribution is 2.17. The molecule has 0 amide bonds. The largest absolute Gasteiger partial charge is 0.488 e. The van der Waals surface area contributed by atoms with Crippen LogP contribution in [0.3, 0.4) is 0 Å². The number of rotatable bonds is 6. The first-order chi connectivity index (χ1) is 8.13. The molecule has 94 valence electrons. The van der Waals surface area contributed by atoms with Crippen LogP contribution in [-0.2, 0) is 6.54 Å². The van der Waals surface area contributed by atoms with Gasteiger partial charge in [-0.05, 0) is 26.0 Å². The van der Waals surface area contributed by atoms with Gasteiger partial charge in [0, 0.05) is 18.3 Å². The van der Waals surface area contributed by atoms with Crippen molar-refractivity contribution in [3.05, 3.63) is 35.7 Å². The summed E-state index contributed by atoms with van der Waals surface area (Å²) >= 11 is 0. The highest BCUT2D eigenvalue weighted by molar-refractivity contribution is 5.29. The van der Waals surface area contributed by atoms with Crippen LogP contribution in [0.5, 0.6) is 5.75 Å². The molecule has 1 heterocycles. The summed E-state index contributed by atoms with van der Waals surface area (Å²) in [5.74, 6) is 0.863. The molecule has 1 aromatic heterocycles. The third-order valence-corrected chi connectivity index (χ3v) is 2.32. The van der Waals surface area contributed by atoms with Gasteiger partial charge in [0.2, 0.25) is 0 Å². The lowest BCUT2D eigenvalue weighted by molar-refractivity contribution is 0.354. The number of nitrogens with zero attached hydrogens (tertiary/aromatic N) is 1. The summed E-state index contributed by atoms with van der Waals surface area (Å²) in [5, 5.41) is 3.36. The fraction of sp³-hybridized carbons (Fsp3) is 0.500. The van der Waals surface area contributed by atoms with Crippen LogP contribution in [0.4, 0.5) is 0 Å². The number of aryl methyl sites for hydroxylation is 1. The van der Waals surface area contributed by atoms with Crippen molar-refractivity contribution in [3.8, 4) is 5.75 Å². The predicted octanol–water partition coefficient (Wildman–Crippen LogP) is 2.84. The lowest BCUT2D eigenvalue weighted by atomic mass is 10.2. The Morgan fingerprint density at radius 1 is 1.41 bits per heavy atom. The third kappa shape index (κ3) is 5.00. The average molecular weight is 234 g/mol. The van der Waals surface area contributed by atoms with E-state index in [0.29, 0.717) is 12.6 Å².